The Labute approximate surface area is 180 Å². The molecule has 0 amide bonds. The summed E-state index contributed by atoms with van der Waals surface area (Å²) in [6.07, 6.45) is 0. The summed E-state index contributed by atoms with van der Waals surface area (Å²) >= 11 is 5.51. The molecule has 0 aliphatic heterocycles. The predicted octanol–water partition coefficient (Wildman–Crippen LogP) is 5.90. The Bertz CT molecular complexity index is 1010. The number of hydrogen-bond donors (Lipinski definition) is 1. The molecule has 142 valence electrons. The average Bonchev–Trinajstić information content (AvgIpc) is 2.99. The van der Waals surface area contributed by atoms with Crippen LogP contribution < -0.4 is 10.3 Å². The van der Waals surface area contributed by atoms with Crippen LogP contribution in [0.2, 0.25) is 0 Å². The van der Waals surface area contributed by atoms with E-state index >= 15 is 0 Å². The number of halogens is 1. The summed E-state index contributed by atoms with van der Waals surface area (Å²) in [4.78, 5) is 19.7. The molecule has 3 rings (SSSR count). The third-order valence-electron chi connectivity index (χ3n) is 4.00. The lowest BCUT2D eigenvalue weighted by atomic mass is 10.1. The third kappa shape index (κ3) is 5.14. The molecule has 0 fully saturated rings. The second-order valence-electron chi connectivity index (χ2n) is 6.48. The Balaban J connectivity index is 1.88. The number of ether oxygens (including phenoxy) is 1. The summed E-state index contributed by atoms with van der Waals surface area (Å²) < 4.78 is 6.80. The molecule has 0 aliphatic rings. The van der Waals surface area contributed by atoms with Gasteiger partial charge < -0.3 is 9.72 Å². The first-order chi connectivity index (χ1) is 12.8. The summed E-state index contributed by atoms with van der Waals surface area (Å²) in [6.45, 7) is 8.03. The van der Waals surface area contributed by atoms with Crippen molar-refractivity contribution in [1.82, 2.24) is 9.97 Å². The highest BCUT2D eigenvalue weighted by Gasteiger charge is 2.17. The van der Waals surface area contributed by atoms with Crippen molar-refractivity contribution in [3.63, 3.8) is 0 Å². The lowest BCUT2D eigenvalue weighted by molar-refractivity contribution is 0.471. The Hall–Kier alpha value is -1.32. The zero-order valence-corrected chi connectivity index (χ0v) is 19.5. The number of aromatic nitrogens is 2. The fourth-order valence-electron chi connectivity index (χ4n) is 2.83. The van der Waals surface area contributed by atoms with Gasteiger partial charge in [0.05, 0.1) is 10.7 Å². The minimum atomic E-state index is -0.114. The van der Waals surface area contributed by atoms with Gasteiger partial charge in [-0.3, -0.25) is 4.79 Å². The molecule has 0 saturated heterocycles. The first-order valence-electron chi connectivity index (χ1n) is 8.49. The summed E-state index contributed by atoms with van der Waals surface area (Å²) in [6, 6.07) is 6.09. The molecule has 0 saturated carbocycles. The minimum Gasteiger partial charge on any atom is -0.456 e. The highest BCUT2D eigenvalue weighted by Crippen LogP contribution is 2.34. The fraction of sp³-hybridized carbons (Fsp3) is 0.300. The van der Waals surface area contributed by atoms with Gasteiger partial charge in [0.1, 0.15) is 9.32 Å². The molecule has 7 heteroatoms. The van der Waals surface area contributed by atoms with Gasteiger partial charge in [-0.05, 0) is 73.5 Å². The molecule has 0 radical (unpaired) electrons. The number of H-pyrrole nitrogens is 1. The van der Waals surface area contributed by atoms with Crippen molar-refractivity contribution >= 4 is 45.7 Å². The molecule has 0 unspecified atom stereocenters. The van der Waals surface area contributed by atoms with Gasteiger partial charge in [-0.25, -0.2) is 4.98 Å². The molecule has 2 heterocycles. The molecule has 0 spiro atoms. The first kappa shape index (κ1) is 20.4. The number of aromatic amines is 1. The Morgan fingerprint density at radius 2 is 1.85 bits per heavy atom. The topological polar surface area (TPSA) is 55.0 Å². The minimum absolute atomic E-state index is 0.114. The normalized spacial score (nSPS) is 11.0. The van der Waals surface area contributed by atoms with Gasteiger partial charge in [0.15, 0.2) is 5.75 Å². The van der Waals surface area contributed by atoms with Crippen LogP contribution in [-0.4, -0.2) is 9.97 Å². The molecule has 1 aromatic carbocycles. The van der Waals surface area contributed by atoms with E-state index in [0.29, 0.717) is 9.32 Å². The van der Waals surface area contributed by atoms with Crippen molar-refractivity contribution in [1.29, 1.82) is 0 Å². The van der Waals surface area contributed by atoms with Gasteiger partial charge in [-0.2, -0.15) is 11.8 Å². The van der Waals surface area contributed by atoms with Crippen molar-refractivity contribution in [2.24, 2.45) is 0 Å². The lowest BCUT2D eigenvalue weighted by Crippen LogP contribution is -2.15. The second-order valence-corrected chi connectivity index (χ2v) is 9.60. The number of nitrogens with zero attached hydrogens (tertiary/aromatic N) is 1. The lowest BCUT2D eigenvalue weighted by Gasteiger charge is -2.15. The van der Waals surface area contributed by atoms with E-state index in [1.165, 1.54) is 0 Å². The number of rotatable bonds is 6. The van der Waals surface area contributed by atoms with E-state index in [4.69, 9.17) is 4.74 Å². The van der Waals surface area contributed by atoms with Crippen LogP contribution in [0.3, 0.4) is 0 Å². The summed E-state index contributed by atoms with van der Waals surface area (Å²) in [5.41, 5.74) is 5.12. The van der Waals surface area contributed by atoms with Gasteiger partial charge in [-0.1, -0.05) is 6.07 Å². The van der Waals surface area contributed by atoms with E-state index in [-0.39, 0.29) is 5.56 Å². The molecule has 2 aromatic heterocycles. The Morgan fingerprint density at radius 3 is 2.48 bits per heavy atom. The molecule has 1 N–H and O–H groups in total. The molecule has 4 nitrogen and oxygen atoms in total. The largest absolute Gasteiger partial charge is 0.456 e. The third-order valence-corrected chi connectivity index (χ3v) is 6.80. The van der Waals surface area contributed by atoms with Crippen LogP contribution in [0.1, 0.15) is 33.1 Å². The molecule has 0 aliphatic carbocycles. The van der Waals surface area contributed by atoms with E-state index in [1.54, 1.807) is 23.1 Å². The SMILES string of the molecule is Cc1cc(C)cc(Oc2c(CSCc3csc(C)n3)c(C)[nH]c(=O)c2I)c1. The molecule has 0 atom stereocenters. The van der Waals surface area contributed by atoms with E-state index in [1.807, 2.05) is 39.8 Å². The number of hydrogen-bond acceptors (Lipinski definition) is 5. The number of aryl methyl sites for hydroxylation is 4. The van der Waals surface area contributed by atoms with Crippen LogP contribution in [-0.2, 0) is 11.5 Å². The quantitative estimate of drug-likeness (QED) is 0.419. The van der Waals surface area contributed by atoms with Gasteiger partial charge in [0.2, 0.25) is 0 Å². The summed E-state index contributed by atoms with van der Waals surface area (Å²) in [7, 11) is 0. The van der Waals surface area contributed by atoms with Crippen LogP contribution in [0.15, 0.2) is 28.4 Å². The maximum absolute atomic E-state index is 12.3. The molecular weight excluding hydrogens is 491 g/mol. The Morgan fingerprint density at radius 1 is 1.15 bits per heavy atom. The second kappa shape index (κ2) is 8.79. The fourth-order valence-corrected chi connectivity index (χ4v) is 5.13. The van der Waals surface area contributed by atoms with Crippen LogP contribution in [0.25, 0.3) is 0 Å². The maximum Gasteiger partial charge on any atom is 0.265 e. The van der Waals surface area contributed by atoms with Crippen LogP contribution in [0.4, 0.5) is 0 Å². The van der Waals surface area contributed by atoms with Crippen molar-refractivity contribution in [3.05, 3.63) is 70.6 Å². The van der Waals surface area contributed by atoms with Gasteiger partial charge >= 0.3 is 0 Å². The predicted molar refractivity (Wildman–Crippen MR) is 122 cm³/mol. The molecule has 0 bridgehead atoms. The highest BCUT2D eigenvalue weighted by atomic mass is 127. The van der Waals surface area contributed by atoms with E-state index in [0.717, 1.165) is 50.3 Å². The van der Waals surface area contributed by atoms with Crippen molar-refractivity contribution < 1.29 is 4.74 Å². The van der Waals surface area contributed by atoms with E-state index in [9.17, 15) is 4.79 Å². The Kier molecular flexibility index (Phi) is 6.65. The standard InChI is InChI=1S/C20H21IN2O2S2/c1-11-5-12(2)7-16(6-11)25-19-17(13(3)22-20(24)18(19)21)10-26-8-15-9-27-14(4)23-15/h5-7,9H,8,10H2,1-4H3,(H,22,24). The number of benzene rings is 1. The van der Waals surface area contributed by atoms with E-state index < -0.39 is 0 Å². The summed E-state index contributed by atoms with van der Waals surface area (Å²) in [5.74, 6) is 3.00. The van der Waals surface area contributed by atoms with Crippen molar-refractivity contribution in [3.8, 4) is 11.5 Å². The zero-order valence-electron chi connectivity index (χ0n) is 15.7. The van der Waals surface area contributed by atoms with Gasteiger partial charge in [0, 0.05) is 28.1 Å². The highest BCUT2D eigenvalue weighted by molar-refractivity contribution is 14.1. The van der Waals surface area contributed by atoms with Crippen molar-refractivity contribution in [2.45, 2.75) is 39.2 Å². The average molecular weight is 512 g/mol. The molecule has 27 heavy (non-hydrogen) atoms. The van der Waals surface area contributed by atoms with Gasteiger partial charge in [0.25, 0.3) is 5.56 Å². The number of thioether (sulfide) groups is 1. The van der Waals surface area contributed by atoms with Crippen LogP contribution in [0.5, 0.6) is 11.5 Å². The maximum atomic E-state index is 12.3. The van der Waals surface area contributed by atoms with Gasteiger partial charge in [-0.15, -0.1) is 11.3 Å². The van der Waals surface area contributed by atoms with E-state index in [2.05, 4.69) is 44.0 Å². The first-order valence-corrected chi connectivity index (χ1v) is 11.6. The smallest absolute Gasteiger partial charge is 0.265 e. The van der Waals surface area contributed by atoms with Crippen LogP contribution >= 0.6 is 45.7 Å². The number of nitrogens with one attached hydrogen (secondary N) is 1. The zero-order chi connectivity index (χ0) is 19.6. The van der Waals surface area contributed by atoms with Crippen LogP contribution in [0, 0.1) is 31.3 Å². The van der Waals surface area contributed by atoms with Crippen molar-refractivity contribution in [2.75, 3.05) is 0 Å². The molecule has 3 aromatic rings. The summed E-state index contributed by atoms with van der Waals surface area (Å²) in [5, 5.41) is 3.18. The number of pyridine rings is 1. The number of thiazole rings is 1. The molecular formula is C20H21IN2O2S2. The monoisotopic (exact) mass is 512 g/mol.